The zero-order chi connectivity index (χ0) is 17.6. The largest absolute Gasteiger partial charge is 0.481 e. The van der Waals surface area contributed by atoms with Gasteiger partial charge < -0.3 is 15.4 Å². The number of rotatable bonds is 4. The summed E-state index contributed by atoms with van der Waals surface area (Å²) in [6.45, 7) is 6.23. The molecular weight excluding hydrogens is 298 g/mol. The summed E-state index contributed by atoms with van der Waals surface area (Å²) in [5, 5.41) is 8.34. The highest BCUT2D eigenvalue weighted by atomic mass is 16.4. The van der Waals surface area contributed by atoms with Gasteiger partial charge in [0.15, 0.2) is 0 Å². The zero-order valence-corrected chi connectivity index (χ0v) is 13.5. The van der Waals surface area contributed by atoms with Gasteiger partial charge in [-0.2, -0.15) is 0 Å². The number of primary amides is 1. The van der Waals surface area contributed by atoms with E-state index < -0.39 is 11.9 Å². The van der Waals surface area contributed by atoms with Crippen LogP contribution in [0.5, 0.6) is 0 Å². The Bertz CT molecular complexity index is 781. The molecule has 2 aromatic rings. The standard InChI is InChI=1S/C12H13N3O2.C4H8O2/c1-3-15-6-9(11(13)17)10(16)8-5-4-7(2)14-12(8)15;1-2-3-4(5)6/h4-6H,3H2,1-2H3,(H2,13,17);2-3H2,1H3,(H,5,6). The molecule has 0 aliphatic heterocycles. The second kappa shape index (κ2) is 8.07. The van der Waals surface area contributed by atoms with E-state index in [9.17, 15) is 14.4 Å². The van der Waals surface area contributed by atoms with Gasteiger partial charge in [-0.25, -0.2) is 4.98 Å². The van der Waals surface area contributed by atoms with Crippen LogP contribution in [-0.4, -0.2) is 26.5 Å². The summed E-state index contributed by atoms with van der Waals surface area (Å²) in [6.07, 6.45) is 2.49. The first-order valence-corrected chi connectivity index (χ1v) is 7.34. The van der Waals surface area contributed by atoms with Crippen LogP contribution in [0.3, 0.4) is 0 Å². The maximum Gasteiger partial charge on any atom is 0.303 e. The second-order valence-electron chi connectivity index (χ2n) is 4.99. The molecule has 124 valence electrons. The lowest BCUT2D eigenvalue weighted by Crippen LogP contribution is -2.24. The summed E-state index contributed by atoms with van der Waals surface area (Å²) in [7, 11) is 0. The Kier molecular flexibility index (Phi) is 6.44. The topological polar surface area (TPSA) is 115 Å². The Labute approximate surface area is 133 Å². The number of fused-ring (bicyclic) bond motifs is 1. The molecular formula is C16H21N3O4. The van der Waals surface area contributed by atoms with E-state index >= 15 is 0 Å². The van der Waals surface area contributed by atoms with Gasteiger partial charge >= 0.3 is 5.97 Å². The average molecular weight is 319 g/mol. The minimum atomic E-state index is -0.711. The van der Waals surface area contributed by atoms with Crippen LogP contribution in [0.25, 0.3) is 11.0 Å². The van der Waals surface area contributed by atoms with E-state index in [0.717, 1.165) is 12.1 Å². The summed E-state index contributed by atoms with van der Waals surface area (Å²) in [6, 6.07) is 3.42. The van der Waals surface area contributed by atoms with Gasteiger partial charge in [0.2, 0.25) is 5.43 Å². The molecule has 0 aromatic carbocycles. The third kappa shape index (κ3) is 4.64. The minimum absolute atomic E-state index is 0.00463. The fraction of sp³-hybridized carbons (Fsp3) is 0.375. The van der Waals surface area contributed by atoms with Gasteiger partial charge in [0.1, 0.15) is 11.2 Å². The molecule has 0 spiro atoms. The van der Waals surface area contributed by atoms with E-state index in [1.807, 2.05) is 20.8 Å². The number of carbonyl (C=O) groups is 2. The molecule has 3 N–H and O–H groups in total. The number of nitrogens with two attached hydrogens (primary N) is 1. The highest BCUT2D eigenvalue weighted by molar-refractivity contribution is 5.95. The van der Waals surface area contributed by atoms with E-state index in [0.29, 0.717) is 24.0 Å². The first kappa shape index (κ1) is 18.3. The van der Waals surface area contributed by atoms with Gasteiger partial charge in [-0.1, -0.05) is 6.92 Å². The van der Waals surface area contributed by atoms with Gasteiger partial charge in [0, 0.05) is 24.9 Å². The molecule has 7 heteroatoms. The molecule has 0 aliphatic rings. The summed E-state index contributed by atoms with van der Waals surface area (Å²) in [5.74, 6) is -1.42. The molecule has 2 rings (SSSR count). The molecule has 7 nitrogen and oxygen atoms in total. The number of pyridine rings is 2. The van der Waals surface area contributed by atoms with Crippen LogP contribution in [0.15, 0.2) is 23.1 Å². The van der Waals surface area contributed by atoms with Crippen LogP contribution in [0, 0.1) is 6.92 Å². The Morgan fingerprint density at radius 1 is 1.30 bits per heavy atom. The van der Waals surface area contributed by atoms with Crippen molar-refractivity contribution in [2.45, 2.75) is 40.2 Å². The average Bonchev–Trinajstić information content (AvgIpc) is 2.47. The number of carboxylic acids is 1. The molecule has 0 saturated heterocycles. The number of amides is 1. The normalized spacial score (nSPS) is 10.0. The van der Waals surface area contributed by atoms with Gasteiger partial charge in [0.25, 0.3) is 5.91 Å². The molecule has 0 aliphatic carbocycles. The van der Waals surface area contributed by atoms with Crippen LogP contribution >= 0.6 is 0 Å². The fourth-order valence-electron chi connectivity index (χ4n) is 1.99. The van der Waals surface area contributed by atoms with Crippen molar-refractivity contribution in [3.63, 3.8) is 0 Å². The highest BCUT2D eigenvalue weighted by Crippen LogP contribution is 2.10. The second-order valence-corrected chi connectivity index (χ2v) is 4.99. The molecule has 0 unspecified atom stereocenters. The maximum absolute atomic E-state index is 12.0. The van der Waals surface area contributed by atoms with Crippen LogP contribution in [0.4, 0.5) is 0 Å². The monoisotopic (exact) mass is 319 g/mol. The van der Waals surface area contributed by atoms with Crippen molar-refractivity contribution >= 4 is 22.9 Å². The van der Waals surface area contributed by atoms with Gasteiger partial charge in [-0.3, -0.25) is 14.4 Å². The SMILES string of the molecule is CCCC(=O)O.CCn1cc(C(N)=O)c(=O)c2ccc(C)nc21. The first-order chi connectivity index (χ1) is 10.8. The number of aliphatic carboxylic acids is 1. The van der Waals surface area contributed by atoms with Gasteiger partial charge in [-0.05, 0) is 32.4 Å². The van der Waals surface area contributed by atoms with E-state index in [-0.39, 0.29) is 11.0 Å². The molecule has 23 heavy (non-hydrogen) atoms. The smallest absolute Gasteiger partial charge is 0.303 e. The minimum Gasteiger partial charge on any atom is -0.481 e. The third-order valence-corrected chi connectivity index (χ3v) is 3.13. The lowest BCUT2D eigenvalue weighted by molar-refractivity contribution is -0.137. The summed E-state index contributed by atoms with van der Waals surface area (Å²) < 4.78 is 1.75. The lowest BCUT2D eigenvalue weighted by Gasteiger charge is -2.09. The van der Waals surface area contributed by atoms with E-state index in [1.165, 1.54) is 6.20 Å². The summed E-state index contributed by atoms with van der Waals surface area (Å²) in [5.41, 5.74) is 6.24. The van der Waals surface area contributed by atoms with Crippen molar-refractivity contribution in [3.05, 3.63) is 39.8 Å². The highest BCUT2D eigenvalue weighted by Gasteiger charge is 2.13. The molecule has 0 bridgehead atoms. The molecule has 2 heterocycles. The number of aromatic nitrogens is 2. The maximum atomic E-state index is 12.0. The molecule has 2 aromatic heterocycles. The molecule has 0 atom stereocenters. The van der Waals surface area contributed by atoms with Crippen LogP contribution in [0.2, 0.25) is 0 Å². The third-order valence-electron chi connectivity index (χ3n) is 3.13. The number of hydrogen-bond donors (Lipinski definition) is 2. The molecule has 1 amide bonds. The van der Waals surface area contributed by atoms with E-state index in [2.05, 4.69) is 4.98 Å². The molecule has 0 saturated carbocycles. The van der Waals surface area contributed by atoms with E-state index in [4.69, 9.17) is 10.8 Å². The Balaban J connectivity index is 0.000000379. The number of carbonyl (C=O) groups excluding carboxylic acids is 1. The molecule has 0 radical (unpaired) electrons. The number of nitrogens with zero attached hydrogens (tertiary/aromatic N) is 2. The lowest BCUT2D eigenvalue weighted by atomic mass is 10.1. The van der Waals surface area contributed by atoms with Crippen molar-refractivity contribution in [3.8, 4) is 0 Å². The van der Waals surface area contributed by atoms with Crippen molar-refractivity contribution in [1.82, 2.24) is 9.55 Å². The van der Waals surface area contributed by atoms with Crippen molar-refractivity contribution in [2.75, 3.05) is 0 Å². The van der Waals surface area contributed by atoms with Crippen LogP contribution < -0.4 is 11.2 Å². The predicted octanol–water partition coefficient (Wildman–Crippen LogP) is 1.69. The Hall–Kier alpha value is -2.70. The first-order valence-electron chi connectivity index (χ1n) is 7.34. The Morgan fingerprint density at radius 3 is 2.39 bits per heavy atom. The van der Waals surface area contributed by atoms with Gasteiger partial charge in [-0.15, -0.1) is 0 Å². The fourth-order valence-corrected chi connectivity index (χ4v) is 1.99. The van der Waals surface area contributed by atoms with Crippen molar-refractivity contribution in [2.24, 2.45) is 5.73 Å². The van der Waals surface area contributed by atoms with Crippen molar-refractivity contribution in [1.29, 1.82) is 0 Å². The molecule has 0 fully saturated rings. The van der Waals surface area contributed by atoms with E-state index in [1.54, 1.807) is 16.7 Å². The number of hydrogen-bond acceptors (Lipinski definition) is 4. The van der Waals surface area contributed by atoms with Gasteiger partial charge in [0.05, 0.1) is 5.39 Å². The summed E-state index contributed by atoms with van der Waals surface area (Å²) in [4.78, 5) is 37.1. The summed E-state index contributed by atoms with van der Waals surface area (Å²) >= 11 is 0. The number of aryl methyl sites for hydroxylation is 2. The van der Waals surface area contributed by atoms with Crippen LogP contribution in [-0.2, 0) is 11.3 Å². The van der Waals surface area contributed by atoms with Crippen LogP contribution in [0.1, 0.15) is 42.7 Å². The zero-order valence-electron chi connectivity index (χ0n) is 13.5. The predicted molar refractivity (Wildman–Crippen MR) is 87.5 cm³/mol. The quantitative estimate of drug-likeness (QED) is 0.889. The van der Waals surface area contributed by atoms with Crippen molar-refractivity contribution < 1.29 is 14.7 Å². The number of carboxylic acid groups (broad SMARTS) is 1. The Morgan fingerprint density at radius 2 is 1.96 bits per heavy atom.